The fourth-order valence-electron chi connectivity index (χ4n) is 2.49. The van der Waals surface area contributed by atoms with Crippen LogP contribution in [0.4, 0.5) is 0 Å². The smallest absolute Gasteiger partial charge is 0.348 e. The number of furan rings is 1. The SMILES string of the molecule is CCOC(=O)c1sc(CC(=O)/C(C#N)=C/c2ccco2)c(C(=O)OCC)c1C. The van der Waals surface area contributed by atoms with Crippen molar-refractivity contribution in [2.24, 2.45) is 0 Å². The molecule has 2 rings (SSSR count). The molecule has 0 saturated carbocycles. The van der Waals surface area contributed by atoms with Crippen molar-refractivity contribution < 1.29 is 28.3 Å². The summed E-state index contributed by atoms with van der Waals surface area (Å²) in [5.74, 6) is -1.32. The highest BCUT2D eigenvalue weighted by Crippen LogP contribution is 2.31. The maximum absolute atomic E-state index is 12.6. The summed E-state index contributed by atoms with van der Waals surface area (Å²) >= 11 is 0.996. The number of allylic oxidation sites excluding steroid dienone is 1. The molecule has 0 unspecified atom stereocenters. The van der Waals surface area contributed by atoms with Gasteiger partial charge in [-0.2, -0.15) is 5.26 Å². The van der Waals surface area contributed by atoms with Crippen LogP contribution >= 0.6 is 11.3 Å². The van der Waals surface area contributed by atoms with Gasteiger partial charge in [0, 0.05) is 17.4 Å². The summed E-state index contributed by atoms with van der Waals surface area (Å²) in [5, 5.41) is 9.31. The molecule has 0 aliphatic rings. The number of carbonyl (C=O) groups is 3. The zero-order valence-corrected chi connectivity index (χ0v) is 16.6. The van der Waals surface area contributed by atoms with E-state index in [4.69, 9.17) is 13.9 Å². The molecule has 7 nitrogen and oxygen atoms in total. The van der Waals surface area contributed by atoms with E-state index in [-0.39, 0.29) is 35.6 Å². The number of ketones is 1. The van der Waals surface area contributed by atoms with Crippen LogP contribution < -0.4 is 0 Å². The molecular formula is C20H19NO6S. The van der Waals surface area contributed by atoms with Crippen LogP contribution in [-0.2, 0) is 20.7 Å². The summed E-state index contributed by atoms with van der Waals surface area (Å²) in [6.07, 6.45) is 2.54. The molecule has 0 amide bonds. The first kappa shape index (κ1) is 21.1. The predicted octanol–water partition coefficient (Wildman–Crippen LogP) is 3.72. The van der Waals surface area contributed by atoms with Gasteiger partial charge in [0.05, 0.1) is 30.6 Å². The summed E-state index contributed by atoms with van der Waals surface area (Å²) < 4.78 is 15.2. The molecule has 0 aromatic carbocycles. The quantitative estimate of drug-likeness (QED) is 0.377. The fourth-order valence-corrected chi connectivity index (χ4v) is 3.68. The molecule has 28 heavy (non-hydrogen) atoms. The maximum atomic E-state index is 12.6. The molecule has 0 fully saturated rings. The second-order valence-electron chi connectivity index (χ2n) is 5.58. The summed E-state index contributed by atoms with van der Waals surface area (Å²) in [6.45, 7) is 5.28. The van der Waals surface area contributed by atoms with E-state index >= 15 is 0 Å². The van der Waals surface area contributed by atoms with Gasteiger partial charge in [0.15, 0.2) is 5.78 Å². The number of hydrogen-bond donors (Lipinski definition) is 0. The molecule has 0 N–H and O–H groups in total. The standard InChI is InChI=1S/C20H19NO6S/c1-4-25-19(23)17-12(3)18(20(24)26-5-2)28-16(17)10-15(22)13(11-21)9-14-7-6-8-27-14/h6-9H,4-5,10H2,1-3H3/b13-9+. The molecule has 0 radical (unpaired) electrons. The van der Waals surface area contributed by atoms with Crippen LogP contribution in [0.15, 0.2) is 28.4 Å². The first-order chi connectivity index (χ1) is 13.4. The molecule has 8 heteroatoms. The van der Waals surface area contributed by atoms with E-state index in [9.17, 15) is 19.6 Å². The first-order valence-corrected chi connectivity index (χ1v) is 9.39. The highest BCUT2D eigenvalue weighted by atomic mass is 32.1. The minimum absolute atomic E-state index is 0.117. The zero-order valence-electron chi connectivity index (χ0n) is 15.7. The van der Waals surface area contributed by atoms with Gasteiger partial charge in [0.1, 0.15) is 16.7 Å². The van der Waals surface area contributed by atoms with Crippen molar-refractivity contribution in [3.05, 3.63) is 50.6 Å². The van der Waals surface area contributed by atoms with E-state index in [0.29, 0.717) is 16.2 Å². The lowest BCUT2D eigenvalue weighted by molar-refractivity contribution is -0.114. The zero-order chi connectivity index (χ0) is 20.7. The van der Waals surface area contributed by atoms with Gasteiger partial charge in [-0.3, -0.25) is 4.79 Å². The van der Waals surface area contributed by atoms with Crippen molar-refractivity contribution in [1.29, 1.82) is 5.26 Å². The predicted molar refractivity (Wildman–Crippen MR) is 102 cm³/mol. The molecule has 2 aromatic heterocycles. The summed E-state index contributed by atoms with van der Waals surface area (Å²) in [5.41, 5.74) is 0.449. The Bertz CT molecular complexity index is 946. The first-order valence-electron chi connectivity index (χ1n) is 8.57. The number of nitriles is 1. The van der Waals surface area contributed by atoms with Crippen molar-refractivity contribution in [2.75, 3.05) is 13.2 Å². The van der Waals surface area contributed by atoms with Crippen LogP contribution in [0.2, 0.25) is 0 Å². The van der Waals surface area contributed by atoms with Crippen LogP contribution in [0, 0.1) is 18.3 Å². The Morgan fingerprint density at radius 1 is 1.21 bits per heavy atom. The number of esters is 2. The second kappa shape index (κ2) is 9.67. The van der Waals surface area contributed by atoms with Gasteiger partial charge in [-0.1, -0.05) is 0 Å². The van der Waals surface area contributed by atoms with Crippen LogP contribution in [0.3, 0.4) is 0 Å². The maximum Gasteiger partial charge on any atom is 0.348 e. The Morgan fingerprint density at radius 2 is 1.89 bits per heavy atom. The molecule has 146 valence electrons. The Labute approximate surface area is 166 Å². The van der Waals surface area contributed by atoms with E-state index in [1.165, 1.54) is 12.3 Å². The Morgan fingerprint density at radius 3 is 2.46 bits per heavy atom. The largest absolute Gasteiger partial charge is 0.465 e. The molecule has 0 atom stereocenters. The van der Waals surface area contributed by atoms with E-state index < -0.39 is 17.7 Å². The van der Waals surface area contributed by atoms with Gasteiger partial charge in [-0.25, -0.2) is 9.59 Å². The van der Waals surface area contributed by atoms with Gasteiger partial charge in [0.25, 0.3) is 0 Å². The van der Waals surface area contributed by atoms with Crippen LogP contribution in [0.5, 0.6) is 0 Å². The summed E-state index contributed by atoms with van der Waals surface area (Å²) in [6, 6.07) is 5.10. The van der Waals surface area contributed by atoms with Crippen molar-refractivity contribution in [2.45, 2.75) is 27.2 Å². The normalized spacial score (nSPS) is 11.0. The Hall–Kier alpha value is -3.18. The molecule has 2 heterocycles. The van der Waals surface area contributed by atoms with Gasteiger partial charge in [-0.15, -0.1) is 11.3 Å². The number of Topliss-reactive ketones (excluding diaryl/α,β-unsaturated/α-hetero) is 1. The van der Waals surface area contributed by atoms with Gasteiger partial charge in [-0.05, 0) is 38.5 Å². The van der Waals surface area contributed by atoms with Gasteiger partial charge in [0.2, 0.25) is 0 Å². The lowest BCUT2D eigenvalue weighted by atomic mass is 10.0. The number of nitrogens with zero attached hydrogens (tertiary/aromatic N) is 1. The molecule has 0 aliphatic heterocycles. The average Bonchev–Trinajstić information content (AvgIpc) is 3.27. The van der Waals surface area contributed by atoms with E-state index in [0.717, 1.165) is 11.3 Å². The summed E-state index contributed by atoms with van der Waals surface area (Å²) in [4.78, 5) is 37.8. The lowest BCUT2D eigenvalue weighted by Crippen LogP contribution is -2.12. The lowest BCUT2D eigenvalue weighted by Gasteiger charge is -2.05. The van der Waals surface area contributed by atoms with E-state index in [1.54, 1.807) is 32.9 Å². The average molecular weight is 401 g/mol. The monoisotopic (exact) mass is 401 g/mol. The van der Waals surface area contributed by atoms with Crippen molar-refractivity contribution in [1.82, 2.24) is 0 Å². The third kappa shape index (κ3) is 4.75. The van der Waals surface area contributed by atoms with Crippen LogP contribution in [-0.4, -0.2) is 30.9 Å². The number of rotatable bonds is 8. The van der Waals surface area contributed by atoms with E-state index in [1.807, 2.05) is 6.07 Å². The van der Waals surface area contributed by atoms with Crippen molar-refractivity contribution >= 4 is 35.1 Å². The highest BCUT2D eigenvalue weighted by Gasteiger charge is 2.28. The van der Waals surface area contributed by atoms with Crippen LogP contribution in [0.25, 0.3) is 6.08 Å². The molecule has 0 saturated heterocycles. The minimum Gasteiger partial charge on any atom is -0.465 e. The number of hydrogen-bond acceptors (Lipinski definition) is 8. The van der Waals surface area contributed by atoms with Gasteiger partial charge >= 0.3 is 11.9 Å². The number of thiophene rings is 1. The van der Waals surface area contributed by atoms with E-state index in [2.05, 4.69) is 0 Å². The molecular weight excluding hydrogens is 382 g/mol. The molecule has 0 bridgehead atoms. The topological polar surface area (TPSA) is 107 Å². The highest BCUT2D eigenvalue weighted by molar-refractivity contribution is 7.14. The molecule has 0 spiro atoms. The Balaban J connectivity index is 2.41. The Kier molecular flexibility index (Phi) is 7.29. The summed E-state index contributed by atoms with van der Waals surface area (Å²) in [7, 11) is 0. The van der Waals surface area contributed by atoms with Gasteiger partial charge < -0.3 is 13.9 Å². The van der Waals surface area contributed by atoms with Crippen molar-refractivity contribution in [3.8, 4) is 6.07 Å². The van der Waals surface area contributed by atoms with Crippen molar-refractivity contribution in [3.63, 3.8) is 0 Å². The number of carbonyl (C=O) groups excluding carboxylic acids is 3. The molecule has 2 aromatic rings. The minimum atomic E-state index is -0.622. The molecule has 0 aliphatic carbocycles. The third-order valence-electron chi connectivity index (χ3n) is 3.73. The number of ether oxygens (including phenoxy) is 2. The second-order valence-corrected chi connectivity index (χ2v) is 6.69. The fraction of sp³-hybridized carbons (Fsp3) is 0.300. The van der Waals surface area contributed by atoms with Crippen LogP contribution in [0.1, 0.15) is 50.1 Å². The third-order valence-corrected chi connectivity index (χ3v) is 5.00.